The second kappa shape index (κ2) is 4.09. The highest BCUT2D eigenvalue weighted by Gasteiger charge is 2.42. The maximum atomic E-state index is 12.0. The van der Waals surface area contributed by atoms with E-state index in [0.717, 1.165) is 12.8 Å². The van der Waals surface area contributed by atoms with Crippen LogP contribution < -0.4 is 15.8 Å². The van der Waals surface area contributed by atoms with Crippen molar-refractivity contribution in [3.63, 3.8) is 0 Å². The summed E-state index contributed by atoms with van der Waals surface area (Å²) in [5.74, 6) is 0.329. The fourth-order valence-corrected chi connectivity index (χ4v) is 1.57. The Balaban J connectivity index is 2.14. The first kappa shape index (κ1) is 10.9. The molecule has 0 atom stereocenters. The number of amides is 1. The van der Waals surface area contributed by atoms with Gasteiger partial charge in [0.15, 0.2) is 0 Å². The van der Waals surface area contributed by atoms with Crippen LogP contribution in [0.1, 0.15) is 23.2 Å². The van der Waals surface area contributed by atoms with Crippen LogP contribution in [0.5, 0.6) is 5.75 Å². The van der Waals surface area contributed by atoms with Gasteiger partial charge >= 0.3 is 0 Å². The smallest absolute Gasteiger partial charge is 0.255 e. The molecular weight excluding hydrogens is 206 g/mol. The molecule has 0 aromatic carbocycles. The average molecular weight is 221 g/mol. The lowest BCUT2D eigenvalue weighted by molar-refractivity contribution is 0.0930. The van der Waals surface area contributed by atoms with Crippen molar-refractivity contribution in [2.75, 3.05) is 13.7 Å². The minimum Gasteiger partial charge on any atom is -0.494 e. The molecule has 2 rings (SSSR count). The van der Waals surface area contributed by atoms with Crippen molar-refractivity contribution in [3.8, 4) is 5.75 Å². The molecule has 1 amide bonds. The van der Waals surface area contributed by atoms with Crippen LogP contribution in [-0.2, 0) is 0 Å². The van der Waals surface area contributed by atoms with Crippen molar-refractivity contribution in [1.29, 1.82) is 0 Å². The number of aromatic nitrogens is 1. The maximum Gasteiger partial charge on any atom is 0.255 e. The Labute approximate surface area is 94.0 Å². The van der Waals surface area contributed by atoms with Gasteiger partial charge in [0.1, 0.15) is 5.75 Å². The molecule has 16 heavy (non-hydrogen) atoms. The predicted molar refractivity (Wildman–Crippen MR) is 59.3 cm³/mol. The van der Waals surface area contributed by atoms with E-state index in [-0.39, 0.29) is 11.4 Å². The summed E-state index contributed by atoms with van der Waals surface area (Å²) in [6.45, 7) is 0.478. The zero-order valence-electron chi connectivity index (χ0n) is 9.19. The number of carbonyl (C=O) groups is 1. The van der Waals surface area contributed by atoms with Gasteiger partial charge in [-0.15, -0.1) is 0 Å². The molecule has 3 N–H and O–H groups in total. The largest absolute Gasteiger partial charge is 0.494 e. The zero-order valence-corrected chi connectivity index (χ0v) is 9.19. The van der Waals surface area contributed by atoms with Crippen LogP contribution in [0, 0.1) is 0 Å². The molecule has 1 heterocycles. The van der Waals surface area contributed by atoms with E-state index >= 15 is 0 Å². The fraction of sp³-hybridized carbons (Fsp3) is 0.455. The monoisotopic (exact) mass is 221 g/mol. The van der Waals surface area contributed by atoms with E-state index in [4.69, 9.17) is 10.5 Å². The average Bonchev–Trinajstić information content (AvgIpc) is 3.09. The summed E-state index contributed by atoms with van der Waals surface area (Å²) in [5, 5.41) is 2.94. The first-order valence-corrected chi connectivity index (χ1v) is 5.21. The number of methoxy groups -OCH3 is 1. The van der Waals surface area contributed by atoms with Gasteiger partial charge in [0.25, 0.3) is 5.91 Å². The molecule has 1 saturated carbocycles. The topological polar surface area (TPSA) is 77.2 Å². The number of pyridine rings is 1. The molecule has 0 radical (unpaired) electrons. The summed E-state index contributed by atoms with van der Waals surface area (Å²) < 4.78 is 5.08. The van der Waals surface area contributed by atoms with Crippen molar-refractivity contribution >= 4 is 5.91 Å². The van der Waals surface area contributed by atoms with Crippen LogP contribution in [0.15, 0.2) is 18.5 Å². The van der Waals surface area contributed by atoms with Crippen molar-refractivity contribution in [2.24, 2.45) is 5.73 Å². The highest BCUT2D eigenvalue weighted by Crippen LogP contribution is 2.34. The third-order valence-corrected chi connectivity index (χ3v) is 2.87. The second-order valence-electron chi connectivity index (χ2n) is 4.01. The molecule has 1 aromatic heterocycles. The standard InChI is InChI=1S/C11H15N3O2/c1-16-9-6-13-5-2-8(9)10(15)14-11(7-12)3-4-11/h2,5-6H,3-4,7,12H2,1H3,(H,14,15). The molecule has 86 valence electrons. The molecule has 1 aliphatic rings. The van der Waals surface area contributed by atoms with Crippen molar-refractivity contribution < 1.29 is 9.53 Å². The number of nitrogens with one attached hydrogen (secondary N) is 1. The molecule has 0 saturated heterocycles. The van der Waals surface area contributed by atoms with Crippen LogP contribution in [0.4, 0.5) is 0 Å². The molecule has 0 spiro atoms. The molecule has 5 nitrogen and oxygen atoms in total. The molecular formula is C11H15N3O2. The van der Waals surface area contributed by atoms with Gasteiger partial charge < -0.3 is 15.8 Å². The third kappa shape index (κ3) is 1.99. The minimum atomic E-state index is -0.189. The van der Waals surface area contributed by atoms with E-state index < -0.39 is 0 Å². The number of ether oxygens (including phenoxy) is 1. The molecule has 0 aliphatic heterocycles. The quantitative estimate of drug-likeness (QED) is 0.767. The van der Waals surface area contributed by atoms with Crippen LogP contribution in [0.25, 0.3) is 0 Å². The molecule has 1 aliphatic carbocycles. The summed E-state index contributed by atoms with van der Waals surface area (Å²) in [6.07, 6.45) is 4.99. The molecule has 5 heteroatoms. The highest BCUT2D eigenvalue weighted by atomic mass is 16.5. The van der Waals surface area contributed by atoms with Crippen LogP contribution in [-0.4, -0.2) is 30.1 Å². The Morgan fingerprint density at radius 1 is 1.69 bits per heavy atom. The number of hydrogen-bond donors (Lipinski definition) is 2. The Kier molecular flexibility index (Phi) is 2.78. The van der Waals surface area contributed by atoms with E-state index in [1.807, 2.05) is 0 Å². The van der Waals surface area contributed by atoms with Gasteiger partial charge in [0, 0.05) is 12.7 Å². The SMILES string of the molecule is COc1cnccc1C(=O)NC1(CN)CC1. The number of carbonyl (C=O) groups excluding carboxylic acids is 1. The molecule has 0 unspecified atom stereocenters. The van der Waals surface area contributed by atoms with E-state index in [1.165, 1.54) is 13.3 Å². The molecule has 0 bridgehead atoms. The number of hydrogen-bond acceptors (Lipinski definition) is 4. The van der Waals surface area contributed by atoms with Crippen molar-refractivity contribution in [2.45, 2.75) is 18.4 Å². The third-order valence-electron chi connectivity index (χ3n) is 2.87. The van der Waals surface area contributed by atoms with Crippen molar-refractivity contribution in [3.05, 3.63) is 24.0 Å². The van der Waals surface area contributed by atoms with Gasteiger partial charge in [0.2, 0.25) is 0 Å². The Hall–Kier alpha value is -1.62. The van der Waals surface area contributed by atoms with Gasteiger partial charge in [-0.2, -0.15) is 0 Å². The van der Waals surface area contributed by atoms with Gasteiger partial charge in [-0.05, 0) is 18.9 Å². The first-order valence-electron chi connectivity index (χ1n) is 5.21. The minimum absolute atomic E-state index is 0.151. The summed E-state index contributed by atoms with van der Waals surface area (Å²) in [6, 6.07) is 1.64. The van der Waals surface area contributed by atoms with Crippen LogP contribution in [0.3, 0.4) is 0 Å². The normalized spacial score (nSPS) is 16.6. The Morgan fingerprint density at radius 2 is 2.44 bits per heavy atom. The van der Waals surface area contributed by atoms with Crippen LogP contribution in [0.2, 0.25) is 0 Å². The Morgan fingerprint density at radius 3 is 3.00 bits per heavy atom. The lowest BCUT2D eigenvalue weighted by Crippen LogP contribution is -2.42. The number of rotatable bonds is 4. The lowest BCUT2D eigenvalue weighted by Gasteiger charge is -2.15. The fourth-order valence-electron chi connectivity index (χ4n) is 1.57. The van der Waals surface area contributed by atoms with E-state index in [9.17, 15) is 4.79 Å². The summed E-state index contributed by atoms with van der Waals surface area (Å²) >= 11 is 0. The number of nitrogens with zero attached hydrogens (tertiary/aromatic N) is 1. The highest BCUT2D eigenvalue weighted by molar-refractivity contribution is 5.97. The van der Waals surface area contributed by atoms with E-state index in [0.29, 0.717) is 17.9 Å². The van der Waals surface area contributed by atoms with Gasteiger partial charge in [-0.1, -0.05) is 0 Å². The maximum absolute atomic E-state index is 12.0. The zero-order chi connectivity index (χ0) is 11.6. The van der Waals surface area contributed by atoms with Gasteiger partial charge in [-0.25, -0.2) is 0 Å². The summed E-state index contributed by atoms with van der Waals surface area (Å²) in [7, 11) is 1.52. The van der Waals surface area contributed by atoms with Crippen molar-refractivity contribution in [1.82, 2.24) is 10.3 Å². The van der Waals surface area contributed by atoms with Gasteiger partial charge in [-0.3, -0.25) is 9.78 Å². The molecule has 1 aromatic rings. The first-order chi connectivity index (χ1) is 7.71. The second-order valence-corrected chi connectivity index (χ2v) is 4.01. The molecule has 1 fully saturated rings. The van der Waals surface area contributed by atoms with E-state index in [1.54, 1.807) is 12.3 Å². The lowest BCUT2D eigenvalue weighted by atomic mass is 10.2. The van der Waals surface area contributed by atoms with E-state index in [2.05, 4.69) is 10.3 Å². The summed E-state index contributed by atoms with van der Waals surface area (Å²) in [4.78, 5) is 15.9. The number of nitrogens with two attached hydrogens (primary N) is 1. The Bertz CT molecular complexity index is 402. The predicted octanol–water partition coefficient (Wildman–Crippen LogP) is 0.311. The van der Waals surface area contributed by atoms with Gasteiger partial charge in [0.05, 0.1) is 24.4 Å². The van der Waals surface area contributed by atoms with Crippen LogP contribution >= 0.6 is 0 Å². The summed E-state index contributed by atoms with van der Waals surface area (Å²) in [5.41, 5.74) is 5.92.